The van der Waals surface area contributed by atoms with E-state index in [-0.39, 0.29) is 6.61 Å². The van der Waals surface area contributed by atoms with Gasteiger partial charge in [-0.25, -0.2) is 5.90 Å². The quantitative estimate of drug-likeness (QED) is 0.554. The van der Waals surface area contributed by atoms with E-state index in [2.05, 4.69) is 21.6 Å². The lowest BCUT2D eigenvalue weighted by molar-refractivity contribution is 0.00707. The summed E-state index contributed by atoms with van der Waals surface area (Å²) < 4.78 is 0. The number of hydrogen-bond acceptors (Lipinski definition) is 5. The van der Waals surface area contributed by atoms with Gasteiger partial charge in [0.2, 0.25) is 0 Å². The summed E-state index contributed by atoms with van der Waals surface area (Å²) in [6, 6.07) is 0. The van der Waals surface area contributed by atoms with E-state index in [0.29, 0.717) is 6.54 Å². The standard InChI is InChI=1S/C9H21N3O2/c1-2-11-3-5-12(6-4-11)7-9(13)8-14-10/h9,13H,2-8,10H2,1H3. The van der Waals surface area contributed by atoms with Crippen LogP contribution < -0.4 is 5.90 Å². The molecule has 0 amide bonds. The van der Waals surface area contributed by atoms with Crippen LogP contribution in [0.2, 0.25) is 0 Å². The lowest BCUT2D eigenvalue weighted by atomic mass is 10.2. The highest BCUT2D eigenvalue weighted by molar-refractivity contribution is 4.73. The molecule has 14 heavy (non-hydrogen) atoms. The minimum Gasteiger partial charge on any atom is -0.389 e. The summed E-state index contributed by atoms with van der Waals surface area (Å²) in [4.78, 5) is 9.05. The van der Waals surface area contributed by atoms with E-state index in [1.54, 1.807) is 0 Å². The van der Waals surface area contributed by atoms with Crippen molar-refractivity contribution in [1.29, 1.82) is 0 Å². The molecule has 0 aliphatic carbocycles. The van der Waals surface area contributed by atoms with Crippen LogP contribution in [0.15, 0.2) is 0 Å². The maximum absolute atomic E-state index is 9.46. The first kappa shape index (κ1) is 11.9. The van der Waals surface area contributed by atoms with Crippen LogP contribution in [0.1, 0.15) is 6.92 Å². The van der Waals surface area contributed by atoms with Gasteiger partial charge < -0.3 is 14.8 Å². The number of aliphatic hydroxyl groups excluding tert-OH is 1. The number of nitrogens with two attached hydrogens (primary N) is 1. The van der Waals surface area contributed by atoms with E-state index < -0.39 is 6.10 Å². The molecule has 1 saturated heterocycles. The van der Waals surface area contributed by atoms with Crippen molar-refractivity contribution in [2.45, 2.75) is 13.0 Å². The molecule has 0 spiro atoms. The third-order valence-electron chi connectivity index (χ3n) is 2.67. The van der Waals surface area contributed by atoms with E-state index in [9.17, 15) is 5.11 Å². The number of β-amino-alcohol motifs (C(OH)–C–C–N with tert-alkyl or cyclic N) is 1. The number of rotatable bonds is 5. The Balaban J connectivity index is 2.15. The second-order valence-electron chi connectivity index (χ2n) is 3.72. The van der Waals surface area contributed by atoms with Gasteiger partial charge in [0.15, 0.2) is 0 Å². The van der Waals surface area contributed by atoms with Gasteiger partial charge in [0.25, 0.3) is 0 Å². The number of likely N-dealkylation sites (N-methyl/N-ethyl adjacent to an activating group) is 1. The molecule has 3 N–H and O–H groups in total. The van der Waals surface area contributed by atoms with Gasteiger partial charge in [0, 0.05) is 32.7 Å². The zero-order valence-electron chi connectivity index (χ0n) is 8.85. The van der Waals surface area contributed by atoms with Gasteiger partial charge in [-0.2, -0.15) is 0 Å². The summed E-state index contributed by atoms with van der Waals surface area (Å²) in [5, 5.41) is 9.46. The molecule has 0 radical (unpaired) electrons. The average Bonchev–Trinajstić information content (AvgIpc) is 2.19. The molecule has 0 bridgehead atoms. The molecule has 0 aromatic heterocycles. The van der Waals surface area contributed by atoms with Gasteiger partial charge in [0.1, 0.15) is 0 Å². The Hall–Kier alpha value is -0.200. The molecule has 0 aromatic carbocycles. The Bertz CT molecular complexity index is 149. The van der Waals surface area contributed by atoms with Crippen molar-refractivity contribution in [3.8, 4) is 0 Å². The van der Waals surface area contributed by atoms with Crippen LogP contribution in [0.4, 0.5) is 0 Å². The maximum Gasteiger partial charge on any atom is 0.0951 e. The summed E-state index contributed by atoms with van der Waals surface area (Å²) >= 11 is 0. The Kier molecular flexibility index (Phi) is 5.36. The molecule has 84 valence electrons. The first-order valence-electron chi connectivity index (χ1n) is 5.20. The summed E-state index contributed by atoms with van der Waals surface area (Å²) in [6.07, 6.45) is -0.465. The van der Waals surface area contributed by atoms with Gasteiger partial charge >= 0.3 is 0 Å². The Morgan fingerprint density at radius 1 is 1.29 bits per heavy atom. The molecule has 1 rings (SSSR count). The van der Waals surface area contributed by atoms with Gasteiger partial charge in [0.05, 0.1) is 12.7 Å². The lowest BCUT2D eigenvalue weighted by Crippen LogP contribution is -2.48. The van der Waals surface area contributed by atoms with E-state index in [1.807, 2.05) is 0 Å². The molecule has 5 heteroatoms. The zero-order chi connectivity index (χ0) is 10.4. The van der Waals surface area contributed by atoms with Crippen molar-refractivity contribution in [1.82, 2.24) is 9.80 Å². The Labute approximate surface area is 85.4 Å². The fourth-order valence-corrected chi connectivity index (χ4v) is 1.75. The molecular weight excluding hydrogens is 182 g/mol. The first-order valence-corrected chi connectivity index (χ1v) is 5.20. The number of nitrogens with zero attached hydrogens (tertiary/aromatic N) is 2. The number of piperazine rings is 1. The van der Waals surface area contributed by atoms with Crippen LogP contribution >= 0.6 is 0 Å². The molecule has 1 aliphatic heterocycles. The summed E-state index contributed by atoms with van der Waals surface area (Å²) in [5.74, 6) is 4.89. The van der Waals surface area contributed by atoms with Crippen LogP contribution in [0, 0.1) is 0 Å². The van der Waals surface area contributed by atoms with Crippen molar-refractivity contribution in [2.75, 3.05) is 45.9 Å². The molecule has 1 fully saturated rings. The molecule has 1 aliphatic rings. The van der Waals surface area contributed by atoms with Crippen molar-refractivity contribution >= 4 is 0 Å². The largest absolute Gasteiger partial charge is 0.389 e. The van der Waals surface area contributed by atoms with Gasteiger partial charge in [-0.3, -0.25) is 4.90 Å². The fraction of sp³-hybridized carbons (Fsp3) is 1.00. The summed E-state index contributed by atoms with van der Waals surface area (Å²) in [5.41, 5.74) is 0. The molecule has 1 heterocycles. The zero-order valence-corrected chi connectivity index (χ0v) is 8.85. The van der Waals surface area contributed by atoms with Crippen molar-refractivity contribution in [3.63, 3.8) is 0 Å². The summed E-state index contributed by atoms with van der Waals surface area (Å²) in [6.45, 7) is 8.39. The van der Waals surface area contributed by atoms with Crippen molar-refractivity contribution in [3.05, 3.63) is 0 Å². The maximum atomic E-state index is 9.46. The van der Waals surface area contributed by atoms with E-state index >= 15 is 0 Å². The van der Waals surface area contributed by atoms with E-state index in [0.717, 1.165) is 32.7 Å². The second-order valence-corrected chi connectivity index (χ2v) is 3.72. The topological polar surface area (TPSA) is 62.0 Å². The predicted molar refractivity (Wildman–Crippen MR) is 54.7 cm³/mol. The van der Waals surface area contributed by atoms with Crippen LogP contribution in [0.5, 0.6) is 0 Å². The Morgan fingerprint density at radius 3 is 2.36 bits per heavy atom. The molecular formula is C9H21N3O2. The third kappa shape index (κ3) is 3.89. The summed E-state index contributed by atoms with van der Waals surface area (Å²) in [7, 11) is 0. The second kappa shape index (κ2) is 6.31. The van der Waals surface area contributed by atoms with Gasteiger partial charge in [-0.05, 0) is 6.54 Å². The van der Waals surface area contributed by atoms with Crippen molar-refractivity contribution < 1.29 is 9.94 Å². The van der Waals surface area contributed by atoms with E-state index in [4.69, 9.17) is 5.90 Å². The monoisotopic (exact) mass is 203 g/mol. The SMILES string of the molecule is CCN1CCN(CC(O)CON)CC1. The molecule has 0 saturated carbocycles. The normalized spacial score (nSPS) is 22.5. The minimum atomic E-state index is -0.465. The molecule has 5 nitrogen and oxygen atoms in total. The number of aliphatic hydroxyl groups is 1. The van der Waals surface area contributed by atoms with Crippen molar-refractivity contribution in [2.24, 2.45) is 5.90 Å². The average molecular weight is 203 g/mol. The van der Waals surface area contributed by atoms with E-state index in [1.165, 1.54) is 0 Å². The van der Waals surface area contributed by atoms with Crippen LogP contribution in [-0.4, -0.2) is 66.9 Å². The molecule has 1 unspecified atom stereocenters. The molecule has 0 aromatic rings. The first-order chi connectivity index (χ1) is 6.76. The van der Waals surface area contributed by atoms with Crippen LogP contribution in [0.25, 0.3) is 0 Å². The number of hydrogen-bond donors (Lipinski definition) is 2. The van der Waals surface area contributed by atoms with Gasteiger partial charge in [-0.1, -0.05) is 6.92 Å². The highest BCUT2D eigenvalue weighted by Crippen LogP contribution is 2.02. The smallest absolute Gasteiger partial charge is 0.0951 e. The van der Waals surface area contributed by atoms with Crippen LogP contribution in [-0.2, 0) is 4.84 Å². The van der Waals surface area contributed by atoms with Crippen LogP contribution in [0.3, 0.4) is 0 Å². The fourth-order valence-electron chi connectivity index (χ4n) is 1.75. The Morgan fingerprint density at radius 2 is 1.86 bits per heavy atom. The lowest BCUT2D eigenvalue weighted by Gasteiger charge is -2.34. The highest BCUT2D eigenvalue weighted by atomic mass is 16.6. The highest BCUT2D eigenvalue weighted by Gasteiger charge is 2.17. The minimum absolute atomic E-state index is 0.216. The van der Waals surface area contributed by atoms with Gasteiger partial charge in [-0.15, -0.1) is 0 Å². The predicted octanol–water partition coefficient (Wildman–Crippen LogP) is -1.12. The molecule has 1 atom stereocenters. The third-order valence-corrected chi connectivity index (χ3v) is 2.67.